The van der Waals surface area contributed by atoms with Gasteiger partial charge in [-0.2, -0.15) is 10.4 Å². The number of methoxy groups -OCH3 is 1. The Labute approximate surface area is 110 Å². The lowest BCUT2D eigenvalue weighted by atomic mass is 10.0. The normalized spacial score (nSPS) is 10.0. The molecule has 1 aromatic carbocycles. The van der Waals surface area contributed by atoms with Gasteiger partial charge < -0.3 is 4.74 Å². The molecule has 0 bridgehead atoms. The van der Waals surface area contributed by atoms with Crippen LogP contribution in [0.2, 0.25) is 0 Å². The lowest BCUT2D eigenvalue weighted by molar-refractivity contribution is 0.413. The first-order valence-corrected chi connectivity index (χ1v) is 5.72. The number of aromatic amines is 1. The van der Waals surface area contributed by atoms with Gasteiger partial charge in [-0.3, -0.25) is 4.79 Å². The third-order valence-electron chi connectivity index (χ3n) is 2.81. The Balaban J connectivity index is 2.79. The van der Waals surface area contributed by atoms with Crippen molar-refractivity contribution in [1.82, 2.24) is 10.2 Å². The molecule has 2 rings (SSSR count). The highest BCUT2D eigenvalue weighted by Gasteiger charge is 2.15. The molecule has 0 saturated heterocycles. The van der Waals surface area contributed by atoms with E-state index in [0.717, 1.165) is 11.1 Å². The summed E-state index contributed by atoms with van der Waals surface area (Å²) in [4.78, 5) is 11.2. The van der Waals surface area contributed by atoms with E-state index in [4.69, 9.17) is 10.00 Å². The summed E-state index contributed by atoms with van der Waals surface area (Å²) in [6.07, 6.45) is 0. The predicted octanol–water partition coefficient (Wildman–Crippen LogP) is 1.93. The molecule has 96 valence electrons. The van der Waals surface area contributed by atoms with E-state index >= 15 is 0 Å². The number of aryl methyl sites for hydroxylation is 2. The molecule has 0 atom stereocenters. The standard InChI is InChI=1S/C14H13N3O2/c1-8-4-9(2)14(19-3)11(5-8)13-10(7-15)6-12(18)16-17-13/h4-6H,1-3H3,(H,16,18). The van der Waals surface area contributed by atoms with Crippen molar-refractivity contribution in [3.63, 3.8) is 0 Å². The second kappa shape index (κ2) is 4.94. The van der Waals surface area contributed by atoms with Gasteiger partial charge in [-0.1, -0.05) is 6.07 Å². The lowest BCUT2D eigenvalue weighted by Crippen LogP contribution is -2.09. The van der Waals surface area contributed by atoms with Gasteiger partial charge in [0.1, 0.15) is 17.5 Å². The highest BCUT2D eigenvalue weighted by molar-refractivity contribution is 5.74. The third kappa shape index (κ3) is 2.33. The Kier molecular flexibility index (Phi) is 3.34. The molecule has 5 heteroatoms. The van der Waals surface area contributed by atoms with Crippen LogP contribution in [0.5, 0.6) is 5.75 Å². The summed E-state index contributed by atoms with van der Waals surface area (Å²) in [5.41, 5.74) is 2.94. The van der Waals surface area contributed by atoms with Crippen LogP contribution in [0, 0.1) is 25.2 Å². The van der Waals surface area contributed by atoms with Crippen molar-refractivity contribution in [3.05, 3.63) is 45.2 Å². The summed E-state index contributed by atoms with van der Waals surface area (Å²) in [6.45, 7) is 3.88. The molecule has 0 aliphatic carbocycles. The molecule has 2 aromatic rings. The average Bonchev–Trinajstić information content (AvgIpc) is 2.37. The van der Waals surface area contributed by atoms with Gasteiger partial charge in [-0.15, -0.1) is 0 Å². The Morgan fingerprint density at radius 3 is 2.68 bits per heavy atom. The molecule has 1 N–H and O–H groups in total. The summed E-state index contributed by atoms with van der Waals surface area (Å²) < 4.78 is 5.37. The molecule has 1 aromatic heterocycles. The van der Waals surface area contributed by atoms with E-state index in [2.05, 4.69) is 10.2 Å². The molecule has 19 heavy (non-hydrogen) atoms. The minimum atomic E-state index is -0.399. The molecule has 5 nitrogen and oxygen atoms in total. The van der Waals surface area contributed by atoms with Crippen LogP contribution < -0.4 is 10.3 Å². The maximum atomic E-state index is 11.2. The molecule has 0 radical (unpaired) electrons. The van der Waals surface area contributed by atoms with Gasteiger partial charge in [0, 0.05) is 11.6 Å². The predicted molar refractivity (Wildman–Crippen MR) is 71.0 cm³/mol. The molecular formula is C14H13N3O2. The van der Waals surface area contributed by atoms with Crippen LogP contribution in [0.1, 0.15) is 16.7 Å². The maximum Gasteiger partial charge on any atom is 0.265 e. The largest absolute Gasteiger partial charge is 0.496 e. The van der Waals surface area contributed by atoms with Gasteiger partial charge in [-0.05, 0) is 31.0 Å². The van der Waals surface area contributed by atoms with Crippen molar-refractivity contribution in [2.45, 2.75) is 13.8 Å². The summed E-state index contributed by atoms with van der Waals surface area (Å²) in [6, 6.07) is 7.09. The van der Waals surface area contributed by atoms with Crippen LogP contribution in [0.3, 0.4) is 0 Å². The zero-order valence-corrected chi connectivity index (χ0v) is 10.9. The van der Waals surface area contributed by atoms with Gasteiger partial charge >= 0.3 is 0 Å². The van der Waals surface area contributed by atoms with E-state index in [-0.39, 0.29) is 5.56 Å². The number of nitrogens with zero attached hydrogens (tertiary/aromatic N) is 2. The number of nitriles is 1. The molecule has 0 unspecified atom stereocenters. The smallest absolute Gasteiger partial charge is 0.265 e. The van der Waals surface area contributed by atoms with Crippen LogP contribution in [0.25, 0.3) is 11.3 Å². The average molecular weight is 255 g/mol. The molecule has 0 aliphatic rings. The minimum absolute atomic E-state index is 0.229. The Morgan fingerprint density at radius 1 is 1.32 bits per heavy atom. The summed E-state index contributed by atoms with van der Waals surface area (Å²) in [5.74, 6) is 0.654. The highest BCUT2D eigenvalue weighted by Crippen LogP contribution is 2.33. The van der Waals surface area contributed by atoms with Gasteiger partial charge in [0.2, 0.25) is 0 Å². The number of benzene rings is 1. The fraction of sp³-hybridized carbons (Fsp3) is 0.214. The van der Waals surface area contributed by atoms with E-state index < -0.39 is 5.56 Å². The van der Waals surface area contributed by atoms with E-state index in [1.807, 2.05) is 32.0 Å². The molecule has 1 heterocycles. The minimum Gasteiger partial charge on any atom is -0.496 e. The summed E-state index contributed by atoms with van der Waals surface area (Å²) in [5, 5.41) is 15.4. The Bertz CT molecular complexity index is 726. The number of nitrogens with one attached hydrogen (secondary N) is 1. The SMILES string of the molecule is COc1c(C)cc(C)cc1-c1n[nH]c(=O)cc1C#N. The quantitative estimate of drug-likeness (QED) is 0.889. The van der Waals surface area contributed by atoms with Crippen LogP contribution in [-0.4, -0.2) is 17.3 Å². The van der Waals surface area contributed by atoms with Crippen LogP contribution in [0.15, 0.2) is 23.0 Å². The van der Waals surface area contributed by atoms with Crippen molar-refractivity contribution in [2.24, 2.45) is 0 Å². The van der Waals surface area contributed by atoms with Crippen molar-refractivity contribution in [3.8, 4) is 23.1 Å². The van der Waals surface area contributed by atoms with Crippen molar-refractivity contribution in [2.75, 3.05) is 7.11 Å². The Hall–Kier alpha value is -2.61. The van der Waals surface area contributed by atoms with Gasteiger partial charge in [0.25, 0.3) is 5.56 Å². The molecule has 0 amide bonds. The van der Waals surface area contributed by atoms with Gasteiger partial charge in [0.05, 0.1) is 12.7 Å². The van der Waals surface area contributed by atoms with Crippen LogP contribution in [-0.2, 0) is 0 Å². The number of aromatic nitrogens is 2. The number of hydrogen-bond acceptors (Lipinski definition) is 4. The molecule has 0 aliphatic heterocycles. The van der Waals surface area contributed by atoms with Crippen molar-refractivity contribution >= 4 is 0 Å². The Morgan fingerprint density at radius 2 is 2.05 bits per heavy atom. The van der Waals surface area contributed by atoms with E-state index in [0.29, 0.717) is 17.0 Å². The van der Waals surface area contributed by atoms with E-state index in [9.17, 15) is 4.79 Å². The van der Waals surface area contributed by atoms with Crippen LogP contribution in [0.4, 0.5) is 0 Å². The van der Waals surface area contributed by atoms with E-state index in [1.54, 1.807) is 7.11 Å². The fourth-order valence-electron chi connectivity index (χ4n) is 2.09. The van der Waals surface area contributed by atoms with E-state index in [1.165, 1.54) is 6.07 Å². The summed E-state index contributed by atoms with van der Waals surface area (Å²) >= 11 is 0. The van der Waals surface area contributed by atoms with Crippen LogP contribution >= 0.6 is 0 Å². The first kappa shape index (κ1) is 12.8. The number of hydrogen-bond donors (Lipinski definition) is 1. The topological polar surface area (TPSA) is 78.8 Å². The van der Waals surface area contributed by atoms with Gasteiger partial charge in [0.15, 0.2) is 0 Å². The second-order valence-electron chi connectivity index (χ2n) is 4.27. The zero-order chi connectivity index (χ0) is 14.0. The van der Waals surface area contributed by atoms with Crippen molar-refractivity contribution in [1.29, 1.82) is 5.26 Å². The molecular weight excluding hydrogens is 242 g/mol. The third-order valence-corrected chi connectivity index (χ3v) is 2.81. The molecule has 0 fully saturated rings. The first-order valence-electron chi connectivity index (χ1n) is 5.72. The highest BCUT2D eigenvalue weighted by atomic mass is 16.5. The molecule has 0 saturated carbocycles. The monoisotopic (exact) mass is 255 g/mol. The number of rotatable bonds is 2. The van der Waals surface area contributed by atoms with Gasteiger partial charge in [-0.25, -0.2) is 5.10 Å². The number of ether oxygens (including phenoxy) is 1. The zero-order valence-electron chi connectivity index (χ0n) is 10.9. The number of H-pyrrole nitrogens is 1. The second-order valence-corrected chi connectivity index (χ2v) is 4.27. The maximum absolute atomic E-state index is 11.2. The van der Waals surface area contributed by atoms with Crippen molar-refractivity contribution < 1.29 is 4.74 Å². The first-order chi connectivity index (χ1) is 9.06. The summed E-state index contributed by atoms with van der Waals surface area (Å²) in [7, 11) is 1.57. The lowest BCUT2D eigenvalue weighted by Gasteiger charge is -2.12. The fourth-order valence-corrected chi connectivity index (χ4v) is 2.09. The molecule has 0 spiro atoms.